The molecule has 2 N–H and O–H groups in total. The lowest BCUT2D eigenvalue weighted by atomic mass is 10.1. The maximum absolute atomic E-state index is 5.89. The highest BCUT2D eigenvalue weighted by molar-refractivity contribution is 5.79. The Morgan fingerprint density at radius 3 is 2.67 bits per heavy atom. The molecule has 0 radical (unpaired) electrons. The van der Waals surface area contributed by atoms with Gasteiger partial charge in [-0.3, -0.25) is 4.99 Å². The van der Waals surface area contributed by atoms with Gasteiger partial charge in [0, 0.05) is 39.0 Å². The number of aromatic nitrogens is 1. The number of guanidine groups is 1. The molecule has 0 saturated carbocycles. The van der Waals surface area contributed by atoms with Crippen LogP contribution in [0.15, 0.2) is 23.3 Å². The molecule has 2 unspecified atom stereocenters. The molecule has 2 atom stereocenters. The minimum atomic E-state index is 0.157. The number of hydrogen-bond donors (Lipinski definition) is 2. The second-order valence-electron chi connectivity index (χ2n) is 6.49. The summed E-state index contributed by atoms with van der Waals surface area (Å²) in [6.07, 6.45) is 2.95. The summed E-state index contributed by atoms with van der Waals surface area (Å²) < 4.78 is 11.0. The number of pyridine rings is 1. The Morgan fingerprint density at radius 1 is 1.29 bits per heavy atom. The van der Waals surface area contributed by atoms with E-state index in [2.05, 4.69) is 41.4 Å². The van der Waals surface area contributed by atoms with Crippen molar-refractivity contribution in [2.24, 2.45) is 10.9 Å². The molecule has 1 aromatic heterocycles. The van der Waals surface area contributed by atoms with Gasteiger partial charge in [0.25, 0.3) is 0 Å². The summed E-state index contributed by atoms with van der Waals surface area (Å²) in [6.45, 7) is 9.78. The van der Waals surface area contributed by atoms with Crippen LogP contribution in [0.25, 0.3) is 0 Å². The quantitative estimate of drug-likeness (QED) is 0.536. The highest BCUT2D eigenvalue weighted by Crippen LogP contribution is 2.14. The lowest BCUT2D eigenvalue weighted by Gasteiger charge is -2.18. The first-order valence-corrected chi connectivity index (χ1v) is 8.52. The van der Waals surface area contributed by atoms with Crippen molar-refractivity contribution in [3.63, 3.8) is 0 Å². The van der Waals surface area contributed by atoms with Gasteiger partial charge in [0.15, 0.2) is 5.96 Å². The highest BCUT2D eigenvalue weighted by Gasteiger charge is 2.09. The van der Waals surface area contributed by atoms with Gasteiger partial charge >= 0.3 is 0 Å². The van der Waals surface area contributed by atoms with Crippen LogP contribution in [0, 0.1) is 5.92 Å². The summed E-state index contributed by atoms with van der Waals surface area (Å²) in [7, 11) is 3.44. The number of methoxy groups -OCH3 is 1. The molecule has 0 fully saturated rings. The minimum Gasteiger partial charge on any atom is -0.475 e. The maximum atomic E-state index is 5.89. The van der Waals surface area contributed by atoms with E-state index in [0.717, 1.165) is 17.9 Å². The molecule has 24 heavy (non-hydrogen) atoms. The normalized spacial score (nSPS) is 14.4. The Balaban J connectivity index is 2.54. The third kappa shape index (κ3) is 8.15. The van der Waals surface area contributed by atoms with Crippen LogP contribution in [0.2, 0.25) is 0 Å². The average molecular weight is 336 g/mol. The van der Waals surface area contributed by atoms with Gasteiger partial charge in [0.1, 0.15) is 0 Å². The van der Waals surface area contributed by atoms with Gasteiger partial charge in [-0.05, 0) is 37.8 Å². The van der Waals surface area contributed by atoms with Crippen LogP contribution in [-0.4, -0.2) is 43.9 Å². The monoisotopic (exact) mass is 336 g/mol. The fraction of sp³-hybridized carbons (Fsp3) is 0.667. The molecule has 0 saturated heterocycles. The first-order valence-electron chi connectivity index (χ1n) is 8.52. The van der Waals surface area contributed by atoms with Crippen LogP contribution in [0.3, 0.4) is 0 Å². The van der Waals surface area contributed by atoms with Crippen LogP contribution >= 0.6 is 0 Å². The molecule has 1 rings (SSSR count). The van der Waals surface area contributed by atoms with E-state index in [1.807, 2.05) is 19.1 Å². The van der Waals surface area contributed by atoms with Crippen LogP contribution < -0.4 is 15.4 Å². The second-order valence-corrected chi connectivity index (χ2v) is 6.49. The van der Waals surface area contributed by atoms with Crippen molar-refractivity contribution in [3.05, 3.63) is 23.9 Å². The standard InChI is InChI=1S/C18H32N4O2/c1-13(2)9-15(4)24-17-10-16(7-8-20-17)11-21-18(19-5)22-14(3)12-23-6/h7-8,10,13-15H,9,11-12H2,1-6H3,(H2,19,21,22). The van der Waals surface area contributed by atoms with Gasteiger partial charge < -0.3 is 20.1 Å². The van der Waals surface area contributed by atoms with Crippen LogP contribution in [0.5, 0.6) is 5.88 Å². The molecule has 0 spiro atoms. The number of nitrogens with zero attached hydrogens (tertiary/aromatic N) is 2. The Kier molecular flexibility index (Phi) is 9.15. The first kappa shape index (κ1) is 20.2. The number of ether oxygens (including phenoxy) is 2. The third-order valence-corrected chi connectivity index (χ3v) is 3.41. The predicted octanol–water partition coefficient (Wildman–Crippen LogP) is 2.59. The lowest BCUT2D eigenvalue weighted by Crippen LogP contribution is -2.43. The summed E-state index contributed by atoms with van der Waals surface area (Å²) >= 11 is 0. The van der Waals surface area contributed by atoms with Crippen molar-refractivity contribution in [3.8, 4) is 5.88 Å². The molecule has 0 bridgehead atoms. The van der Waals surface area contributed by atoms with E-state index < -0.39 is 0 Å². The van der Waals surface area contributed by atoms with Gasteiger partial charge in [0.05, 0.1) is 12.7 Å². The van der Waals surface area contributed by atoms with Gasteiger partial charge in [-0.15, -0.1) is 0 Å². The van der Waals surface area contributed by atoms with Gasteiger partial charge in [-0.25, -0.2) is 4.98 Å². The maximum Gasteiger partial charge on any atom is 0.213 e. The Morgan fingerprint density at radius 2 is 2.04 bits per heavy atom. The summed E-state index contributed by atoms with van der Waals surface area (Å²) in [5.41, 5.74) is 1.10. The smallest absolute Gasteiger partial charge is 0.213 e. The van der Waals surface area contributed by atoms with Crippen LogP contribution in [0.1, 0.15) is 39.7 Å². The molecule has 136 valence electrons. The molecule has 0 aliphatic rings. The van der Waals surface area contributed by atoms with E-state index in [1.165, 1.54) is 0 Å². The van der Waals surface area contributed by atoms with Crippen molar-refractivity contribution in [2.45, 2.75) is 52.8 Å². The molecule has 1 heterocycles. The number of hydrogen-bond acceptors (Lipinski definition) is 4. The molecule has 0 aliphatic carbocycles. The highest BCUT2D eigenvalue weighted by atomic mass is 16.5. The van der Waals surface area contributed by atoms with E-state index in [9.17, 15) is 0 Å². The summed E-state index contributed by atoms with van der Waals surface area (Å²) in [5, 5.41) is 6.56. The van der Waals surface area contributed by atoms with Gasteiger partial charge in [0.2, 0.25) is 5.88 Å². The fourth-order valence-corrected chi connectivity index (χ4v) is 2.45. The lowest BCUT2D eigenvalue weighted by molar-refractivity contribution is 0.179. The molecule has 6 heteroatoms. The Hall–Kier alpha value is -1.82. The zero-order valence-electron chi connectivity index (χ0n) is 15.8. The molecule has 0 aliphatic heterocycles. The summed E-state index contributed by atoms with van der Waals surface area (Å²) in [5.74, 6) is 2.01. The van der Waals surface area contributed by atoms with E-state index in [1.54, 1.807) is 20.4 Å². The number of nitrogens with one attached hydrogen (secondary N) is 2. The Bertz CT molecular complexity index is 506. The predicted molar refractivity (Wildman–Crippen MR) is 98.5 cm³/mol. The van der Waals surface area contributed by atoms with E-state index in [4.69, 9.17) is 9.47 Å². The van der Waals surface area contributed by atoms with Gasteiger partial charge in [-0.2, -0.15) is 0 Å². The van der Waals surface area contributed by atoms with Crippen molar-refractivity contribution >= 4 is 5.96 Å². The molecular weight excluding hydrogens is 304 g/mol. The third-order valence-electron chi connectivity index (χ3n) is 3.41. The molecular formula is C18H32N4O2. The van der Waals surface area contributed by atoms with E-state index in [-0.39, 0.29) is 12.1 Å². The largest absolute Gasteiger partial charge is 0.475 e. The fourth-order valence-electron chi connectivity index (χ4n) is 2.45. The number of aliphatic imine (C=N–C) groups is 1. The molecule has 6 nitrogen and oxygen atoms in total. The van der Waals surface area contributed by atoms with Gasteiger partial charge in [-0.1, -0.05) is 13.8 Å². The average Bonchev–Trinajstić information content (AvgIpc) is 2.51. The van der Waals surface area contributed by atoms with Crippen molar-refractivity contribution in [2.75, 3.05) is 20.8 Å². The molecule has 0 aromatic carbocycles. The number of rotatable bonds is 9. The van der Waals surface area contributed by atoms with Crippen LogP contribution in [0.4, 0.5) is 0 Å². The van der Waals surface area contributed by atoms with Crippen molar-refractivity contribution in [1.29, 1.82) is 0 Å². The second kappa shape index (κ2) is 10.9. The zero-order valence-corrected chi connectivity index (χ0v) is 15.8. The van der Waals surface area contributed by atoms with Crippen molar-refractivity contribution < 1.29 is 9.47 Å². The Labute approximate surface area is 146 Å². The van der Waals surface area contributed by atoms with Crippen LogP contribution in [-0.2, 0) is 11.3 Å². The summed E-state index contributed by atoms with van der Waals surface area (Å²) in [4.78, 5) is 8.52. The topological polar surface area (TPSA) is 67.8 Å². The SMILES string of the molecule is CN=C(NCc1ccnc(OC(C)CC(C)C)c1)NC(C)COC. The first-order chi connectivity index (χ1) is 11.4. The van der Waals surface area contributed by atoms with E-state index >= 15 is 0 Å². The van der Waals surface area contributed by atoms with Crippen molar-refractivity contribution in [1.82, 2.24) is 15.6 Å². The molecule has 0 amide bonds. The van der Waals surface area contributed by atoms with E-state index in [0.29, 0.717) is 24.9 Å². The summed E-state index contributed by atoms with van der Waals surface area (Å²) in [6, 6.07) is 4.13. The zero-order chi connectivity index (χ0) is 17.9. The molecule has 1 aromatic rings. The minimum absolute atomic E-state index is 0.157.